The molecular weight excluding hydrogens is 273 g/mol. The summed E-state index contributed by atoms with van der Waals surface area (Å²) in [5.74, 6) is -0.752. The van der Waals surface area contributed by atoms with Gasteiger partial charge in [-0.05, 0) is 12.1 Å². The van der Waals surface area contributed by atoms with Crippen LogP contribution in [-0.2, 0) is 19.5 Å². The average Bonchev–Trinajstić information content (AvgIpc) is 2.83. The first-order valence-corrected chi connectivity index (χ1v) is 7.25. The highest BCUT2D eigenvalue weighted by atomic mass is 32.2. The Morgan fingerprint density at radius 3 is 2.16 bits per heavy atom. The van der Waals surface area contributed by atoms with E-state index in [9.17, 15) is 12.8 Å². The zero-order chi connectivity index (χ0) is 14.0. The quantitative estimate of drug-likeness (QED) is 0.825. The van der Waals surface area contributed by atoms with Crippen LogP contribution in [0.2, 0.25) is 0 Å². The zero-order valence-corrected chi connectivity index (χ0v) is 11.6. The molecule has 0 aromatic heterocycles. The van der Waals surface area contributed by atoms with E-state index >= 15 is 0 Å². The normalized spacial score (nSPS) is 24.8. The van der Waals surface area contributed by atoms with Crippen LogP contribution >= 0.6 is 0 Å². The Labute approximate surface area is 112 Å². The molecule has 0 saturated carbocycles. The van der Waals surface area contributed by atoms with Crippen LogP contribution in [0.4, 0.5) is 4.39 Å². The van der Waals surface area contributed by atoms with Crippen molar-refractivity contribution in [2.45, 2.75) is 17.1 Å². The molecule has 1 aromatic carbocycles. The number of ether oxygens (including phenoxy) is 2. The van der Waals surface area contributed by atoms with E-state index in [0.717, 1.165) is 6.07 Å². The SMILES string of the molecule is CO[C@H]1CN(S(=O)(=O)c2ccccc2F)C[C@@H]1OC. The van der Waals surface area contributed by atoms with Crippen LogP contribution in [0.5, 0.6) is 0 Å². The van der Waals surface area contributed by atoms with Crippen molar-refractivity contribution >= 4 is 10.0 Å². The first-order valence-electron chi connectivity index (χ1n) is 5.81. The molecule has 0 bridgehead atoms. The predicted octanol–water partition coefficient (Wildman–Crippen LogP) is 0.860. The largest absolute Gasteiger partial charge is 0.377 e. The highest BCUT2D eigenvalue weighted by Crippen LogP contribution is 2.25. The van der Waals surface area contributed by atoms with Crippen LogP contribution in [0.3, 0.4) is 0 Å². The molecule has 19 heavy (non-hydrogen) atoms. The van der Waals surface area contributed by atoms with Gasteiger partial charge in [-0.2, -0.15) is 4.31 Å². The smallest absolute Gasteiger partial charge is 0.246 e. The Kier molecular flexibility index (Phi) is 4.19. The van der Waals surface area contributed by atoms with E-state index in [1.807, 2.05) is 0 Å². The number of benzene rings is 1. The Hall–Kier alpha value is -1.02. The van der Waals surface area contributed by atoms with Crippen molar-refractivity contribution in [1.29, 1.82) is 0 Å². The molecule has 0 unspecified atom stereocenters. The minimum Gasteiger partial charge on any atom is -0.377 e. The predicted molar refractivity (Wildman–Crippen MR) is 66.8 cm³/mol. The molecule has 2 atom stereocenters. The number of sulfonamides is 1. The van der Waals surface area contributed by atoms with Gasteiger partial charge in [0.25, 0.3) is 0 Å². The first-order chi connectivity index (χ1) is 9.00. The van der Waals surface area contributed by atoms with Crippen molar-refractivity contribution in [1.82, 2.24) is 4.31 Å². The fourth-order valence-electron chi connectivity index (χ4n) is 2.15. The molecule has 7 heteroatoms. The molecule has 0 N–H and O–H groups in total. The summed E-state index contributed by atoms with van der Waals surface area (Å²) < 4.78 is 49.9. The molecule has 0 spiro atoms. The van der Waals surface area contributed by atoms with Crippen molar-refractivity contribution in [2.24, 2.45) is 0 Å². The summed E-state index contributed by atoms with van der Waals surface area (Å²) in [6.45, 7) is 0.317. The van der Waals surface area contributed by atoms with Gasteiger partial charge in [-0.3, -0.25) is 0 Å². The minimum atomic E-state index is -3.86. The van der Waals surface area contributed by atoms with Gasteiger partial charge in [-0.15, -0.1) is 0 Å². The van der Waals surface area contributed by atoms with Crippen LogP contribution in [-0.4, -0.2) is 52.2 Å². The van der Waals surface area contributed by atoms with Crippen LogP contribution < -0.4 is 0 Å². The van der Waals surface area contributed by atoms with Gasteiger partial charge in [-0.25, -0.2) is 12.8 Å². The van der Waals surface area contributed by atoms with Crippen LogP contribution in [0.25, 0.3) is 0 Å². The molecule has 106 valence electrons. The molecule has 1 heterocycles. The Morgan fingerprint density at radius 2 is 1.68 bits per heavy atom. The fourth-order valence-corrected chi connectivity index (χ4v) is 3.68. The van der Waals surface area contributed by atoms with Gasteiger partial charge >= 0.3 is 0 Å². The van der Waals surface area contributed by atoms with Crippen molar-refractivity contribution in [2.75, 3.05) is 27.3 Å². The number of methoxy groups -OCH3 is 2. The van der Waals surface area contributed by atoms with Crippen LogP contribution in [0, 0.1) is 5.82 Å². The summed E-state index contributed by atoms with van der Waals surface area (Å²) in [7, 11) is -0.865. The molecule has 2 rings (SSSR count). The maximum Gasteiger partial charge on any atom is 0.246 e. The highest BCUT2D eigenvalue weighted by Gasteiger charge is 2.40. The van der Waals surface area contributed by atoms with Crippen molar-refractivity contribution in [3.05, 3.63) is 30.1 Å². The maximum atomic E-state index is 13.6. The second-order valence-corrected chi connectivity index (χ2v) is 6.21. The second-order valence-electron chi connectivity index (χ2n) is 4.30. The van der Waals surface area contributed by atoms with Crippen molar-refractivity contribution in [3.8, 4) is 0 Å². The molecule has 5 nitrogen and oxygen atoms in total. The summed E-state index contributed by atoms with van der Waals surface area (Å²) >= 11 is 0. The minimum absolute atomic E-state index is 0.158. The third-order valence-corrected chi connectivity index (χ3v) is 5.11. The molecule has 0 amide bonds. The lowest BCUT2D eigenvalue weighted by Gasteiger charge is -2.16. The maximum absolute atomic E-state index is 13.6. The van der Waals surface area contributed by atoms with Crippen LogP contribution in [0.15, 0.2) is 29.2 Å². The fraction of sp³-hybridized carbons (Fsp3) is 0.500. The second kappa shape index (κ2) is 5.54. The van der Waals surface area contributed by atoms with E-state index in [1.165, 1.54) is 36.7 Å². The molecule has 0 radical (unpaired) electrons. The Bertz CT molecular complexity index is 536. The Balaban J connectivity index is 2.30. The standard InChI is InChI=1S/C12H16FNO4S/c1-17-10-7-14(8-11(10)18-2)19(15,16)12-6-4-3-5-9(12)13/h3-6,10-11H,7-8H2,1-2H3/t10-,11-/m0/s1. The van der Waals surface area contributed by atoms with Gasteiger partial charge in [0, 0.05) is 27.3 Å². The summed E-state index contributed by atoms with van der Waals surface area (Å²) in [5.41, 5.74) is 0. The van der Waals surface area contributed by atoms with E-state index in [0.29, 0.717) is 0 Å². The van der Waals surface area contributed by atoms with Gasteiger partial charge in [0.1, 0.15) is 10.7 Å². The third-order valence-electron chi connectivity index (χ3n) is 3.24. The summed E-state index contributed by atoms with van der Waals surface area (Å²) in [4.78, 5) is -0.318. The molecule has 1 fully saturated rings. The molecule has 1 saturated heterocycles. The van der Waals surface area contributed by atoms with Crippen molar-refractivity contribution in [3.63, 3.8) is 0 Å². The van der Waals surface area contributed by atoms with E-state index in [1.54, 1.807) is 0 Å². The summed E-state index contributed by atoms with van der Waals surface area (Å²) in [5, 5.41) is 0. The number of hydrogen-bond acceptors (Lipinski definition) is 4. The molecule has 1 aliphatic heterocycles. The number of rotatable bonds is 4. The summed E-state index contributed by atoms with van der Waals surface area (Å²) in [6.07, 6.45) is -0.682. The topological polar surface area (TPSA) is 55.8 Å². The zero-order valence-electron chi connectivity index (χ0n) is 10.7. The van der Waals surface area contributed by atoms with E-state index in [-0.39, 0.29) is 30.2 Å². The number of hydrogen-bond donors (Lipinski definition) is 0. The van der Waals surface area contributed by atoms with Gasteiger partial charge in [0.15, 0.2) is 0 Å². The van der Waals surface area contributed by atoms with Gasteiger partial charge in [0.05, 0.1) is 12.2 Å². The first kappa shape index (κ1) is 14.4. The van der Waals surface area contributed by atoms with Gasteiger partial charge in [-0.1, -0.05) is 12.1 Å². The lowest BCUT2D eigenvalue weighted by atomic mass is 10.3. The van der Waals surface area contributed by atoms with Crippen molar-refractivity contribution < 1.29 is 22.3 Å². The van der Waals surface area contributed by atoms with Gasteiger partial charge in [0.2, 0.25) is 10.0 Å². The third kappa shape index (κ3) is 2.64. The summed E-state index contributed by atoms with van der Waals surface area (Å²) in [6, 6.07) is 5.33. The van der Waals surface area contributed by atoms with Crippen LogP contribution in [0.1, 0.15) is 0 Å². The molecule has 0 aliphatic carbocycles. The number of halogens is 1. The Morgan fingerprint density at radius 1 is 1.16 bits per heavy atom. The average molecular weight is 289 g/mol. The lowest BCUT2D eigenvalue weighted by Crippen LogP contribution is -2.30. The van der Waals surface area contributed by atoms with Gasteiger partial charge < -0.3 is 9.47 Å². The van der Waals surface area contributed by atoms with E-state index in [2.05, 4.69) is 0 Å². The lowest BCUT2D eigenvalue weighted by molar-refractivity contribution is -0.00461. The molecular formula is C12H16FNO4S. The van der Waals surface area contributed by atoms with E-state index in [4.69, 9.17) is 9.47 Å². The molecule has 1 aromatic rings. The monoisotopic (exact) mass is 289 g/mol. The number of nitrogens with zero attached hydrogens (tertiary/aromatic N) is 1. The van der Waals surface area contributed by atoms with E-state index < -0.39 is 15.8 Å². The highest BCUT2D eigenvalue weighted by molar-refractivity contribution is 7.89. The molecule has 1 aliphatic rings.